The van der Waals surface area contributed by atoms with Crippen LogP contribution >= 0.6 is 0 Å². The number of nitrogens with two attached hydrogens (primary N) is 1. The molecule has 2 amide bonds. The number of likely N-dealkylation sites (tertiary alicyclic amines) is 1. The van der Waals surface area contributed by atoms with Gasteiger partial charge in [-0.1, -0.05) is 0 Å². The average Bonchev–Trinajstić information content (AvgIpc) is 3.22. The van der Waals surface area contributed by atoms with Gasteiger partial charge in [0.25, 0.3) is 11.8 Å². The van der Waals surface area contributed by atoms with Crippen LogP contribution in [0.2, 0.25) is 0 Å². The third-order valence-electron chi connectivity index (χ3n) is 6.34. The summed E-state index contributed by atoms with van der Waals surface area (Å²) in [6.45, 7) is 1.27. The minimum atomic E-state index is -0.370. The third kappa shape index (κ3) is 4.92. The van der Waals surface area contributed by atoms with E-state index >= 15 is 0 Å². The van der Waals surface area contributed by atoms with Crippen molar-refractivity contribution in [2.75, 3.05) is 25.5 Å². The van der Waals surface area contributed by atoms with Crippen LogP contribution in [0.15, 0.2) is 60.0 Å². The molecule has 35 heavy (non-hydrogen) atoms. The van der Waals surface area contributed by atoms with Gasteiger partial charge in [-0.2, -0.15) is 5.26 Å². The number of anilines is 1. The van der Waals surface area contributed by atoms with Gasteiger partial charge in [-0.05, 0) is 66.9 Å². The average molecular weight is 470 g/mol. The van der Waals surface area contributed by atoms with Crippen LogP contribution < -0.4 is 11.1 Å². The zero-order valence-electron chi connectivity index (χ0n) is 19.7. The van der Waals surface area contributed by atoms with E-state index in [0.717, 1.165) is 23.7 Å². The standard InChI is InChI=1S/C26H27N7O2/c1-29-22(5-9-27)26(35)33-11-7-18(8-12-33)21-16-32(2)24-4-3-19(14-20(21)24)31-25(34)23-13-17(15-28)6-10-30-23/h3-6,9-10,13-14,16,18H,7-8,11-12,27H2,1-2H3,(H,31,34). The van der Waals surface area contributed by atoms with Crippen molar-refractivity contribution in [1.82, 2.24) is 14.5 Å². The Kier molecular flexibility index (Phi) is 6.92. The Bertz CT molecular complexity index is 1370. The van der Waals surface area contributed by atoms with E-state index in [1.54, 1.807) is 13.1 Å². The SMILES string of the molecule is CN=C(C=CN)C(=O)N1CCC(c2cn(C)c3ccc(NC(=O)c4cc(C#N)ccn4)cc23)CC1. The molecule has 0 bridgehead atoms. The Morgan fingerprint density at radius 1 is 1.26 bits per heavy atom. The highest BCUT2D eigenvalue weighted by atomic mass is 16.2. The number of benzene rings is 1. The molecule has 1 saturated heterocycles. The van der Waals surface area contributed by atoms with Crippen LogP contribution in [0, 0.1) is 11.3 Å². The van der Waals surface area contributed by atoms with Gasteiger partial charge in [0.1, 0.15) is 11.4 Å². The lowest BCUT2D eigenvalue weighted by Gasteiger charge is -2.32. The first kappa shape index (κ1) is 23.7. The van der Waals surface area contributed by atoms with E-state index in [4.69, 9.17) is 11.0 Å². The molecule has 2 aromatic heterocycles. The maximum Gasteiger partial charge on any atom is 0.274 e. The zero-order chi connectivity index (χ0) is 24.9. The van der Waals surface area contributed by atoms with Gasteiger partial charge in [0.05, 0.1) is 11.6 Å². The summed E-state index contributed by atoms with van der Waals surface area (Å²) in [4.78, 5) is 35.3. The molecule has 0 saturated carbocycles. The van der Waals surface area contributed by atoms with Gasteiger partial charge in [-0.25, -0.2) is 0 Å². The largest absolute Gasteiger partial charge is 0.405 e. The van der Waals surface area contributed by atoms with Crippen molar-refractivity contribution in [1.29, 1.82) is 5.26 Å². The third-order valence-corrected chi connectivity index (χ3v) is 6.34. The van der Waals surface area contributed by atoms with Crippen LogP contribution in [-0.2, 0) is 11.8 Å². The number of amides is 2. The number of nitriles is 1. The number of aromatic nitrogens is 2. The van der Waals surface area contributed by atoms with E-state index in [0.29, 0.717) is 30.1 Å². The molecule has 1 aliphatic heterocycles. The normalized spacial score (nSPS) is 14.9. The molecule has 1 aliphatic rings. The number of rotatable bonds is 5. The molecular formula is C26H27N7O2. The van der Waals surface area contributed by atoms with Gasteiger partial charge in [0.2, 0.25) is 0 Å². The number of carbonyl (C=O) groups excluding carboxylic acids is 2. The molecule has 3 heterocycles. The Morgan fingerprint density at radius 3 is 2.71 bits per heavy atom. The molecule has 178 valence electrons. The van der Waals surface area contributed by atoms with E-state index in [-0.39, 0.29) is 23.4 Å². The van der Waals surface area contributed by atoms with Gasteiger partial charge in [0, 0.05) is 56.2 Å². The molecule has 4 rings (SSSR count). The lowest BCUT2D eigenvalue weighted by Crippen LogP contribution is -2.41. The number of piperidine rings is 1. The molecule has 0 atom stereocenters. The second-order valence-corrected chi connectivity index (χ2v) is 8.46. The maximum absolute atomic E-state index is 12.7. The number of aliphatic imine (C=N–C) groups is 1. The first-order valence-corrected chi connectivity index (χ1v) is 11.4. The monoisotopic (exact) mass is 469 g/mol. The van der Waals surface area contributed by atoms with Crippen LogP contribution in [-0.4, -0.2) is 52.1 Å². The Labute approximate surface area is 203 Å². The highest BCUT2D eigenvalue weighted by Crippen LogP contribution is 2.35. The van der Waals surface area contributed by atoms with Crippen LogP contribution in [0.3, 0.4) is 0 Å². The van der Waals surface area contributed by atoms with Gasteiger partial charge in [-0.15, -0.1) is 0 Å². The summed E-state index contributed by atoms with van der Waals surface area (Å²) in [5, 5.41) is 13.0. The molecule has 3 N–H and O–H groups in total. The molecule has 0 spiro atoms. The Balaban J connectivity index is 1.53. The predicted octanol–water partition coefficient (Wildman–Crippen LogP) is 2.95. The summed E-state index contributed by atoms with van der Waals surface area (Å²) in [6, 6.07) is 10.9. The lowest BCUT2D eigenvalue weighted by molar-refractivity contribution is -0.125. The Morgan fingerprint density at radius 2 is 2.03 bits per heavy atom. The predicted molar refractivity (Wildman–Crippen MR) is 135 cm³/mol. The second kappa shape index (κ2) is 10.2. The van der Waals surface area contributed by atoms with E-state index < -0.39 is 0 Å². The smallest absolute Gasteiger partial charge is 0.274 e. The fraction of sp³-hybridized carbons (Fsp3) is 0.269. The quantitative estimate of drug-likeness (QED) is 0.555. The topological polar surface area (TPSA) is 129 Å². The van der Waals surface area contributed by atoms with E-state index in [1.807, 2.05) is 36.2 Å². The fourth-order valence-electron chi connectivity index (χ4n) is 4.53. The minimum Gasteiger partial charge on any atom is -0.405 e. The highest BCUT2D eigenvalue weighted by molar-refractivity contribution is 6.43. The molecule has 9 nitrogen and oxygen atoms in total. The van der Waals surface area contributed by atoms with Crippen molar-refractivity contribution in [2.45, 2.75) is 18.8 Å². The first-order chi connectivity index (χ1) is 16.9. The maximum atomic E-state index is 12.7. The van der Waals surface area contributed by atoms with Crippen LogP contribution in [0.4, 0.5) is 5.69 Å². The van der Waals surface area contributed by atoms with Crippen LogP contribution in [0.1, 0.15) is 40.4 Å². The molecule has 0 unspecified atom stereocenters. The molecule has 0 aliphatic carbocycles. The molecule has 1 aromatic carbocycles. The van der Waals surface area contributed by atoms with E-state index in [1.165, 1.54) is 30.1 Å². The number of hydrogen-bond donors (Lipinski definition) is 2. The summed E-state index contributed by atoms with van der Waals surface area (Å²) in [7, 11) is 3.59. The highest BCUT2D eigenvalue weighted by Gasteiger charge is 2.27. The van der Waals surface area contributed by atoms with Crippen LogP contribution in [0.25, 0.3) is 10.9 Å². The van der Waals surface area contributed by atoms with Crippen molar-refractivity contribution in [2.24, 2.45) is 17.8 Å². The molecule has 0 radical (unpaired) electrons. The molecular weight excluding hydrogens is 442 g/mol. The number of fused-ring (bicyclic) bond motifs is 1. The number of hydrogen-bond acceptors (Lipinski definition) is 6. The molecule has 1 fully saturated rings. The first-order valence-electron chi connectivity index (χ1n) is 11.4. The Hall–Kier alpha value is -4.45. The summed E-state index contributed by atoms with van der Waals surface area (Å²) in [5.41, 5.74) is 9.28. The van der Waals surface area contributed by atoms with Gasteiger partial charge in [0.15, 0.2) is 0 Å². The van der Waals surface area contributed by atoms with Crippen molar-refractivity contribution in [3.05, 3.63) is 71.8 Å². The fourth-order valence-corrected chi connectivity index (χ4v) is 4.53. The van der Waals surface area contributed by atoms with Gasteiger partial charge in [-0.3, -0.25) is 19.6 Å². The number of aryl methyl sites for hydroxylation is 1. The zero-order valence-corrected chi connectivity index (χ0v) is 19.7. The molecule has 9 heteroatoms. The summed E-state index contributed by atoms with van der Waals surface area (Å²) in [5.74, 6) is -0.190. The second-order valence-electron chi connectivity index (χ2n) is 8.46. The van der Waals surface area contributed by atoms with Gasteiger partial charge < -0.3 is 20.5 Å². The number of nitrogens with one attached hydrogen (secondary N) is 1. The van der Waals surface area contributed by atoms with E-state index in [2.05, 4.69) is 26.1 Å². The van der Waals surface area contributed by atoms with Gasteiger partial charge >= 0.3 is 0 Å². The lowest BCUT2D eigenvalue weighted by atomic mass is 9.89. The summed E-state index contributed by atoms with van der Waals surface area (Å²) >= 11 is 0. The minimum absolute atomic E-state index is 0.107. The number of carbonyl (C=O) groups is 2. The van der Waals surface area contributed by atoms with Crippen LogP contribution in [0.5, 0.6) is 0 Å². The number of pyridine rings is 1. The van der Waals surface area contributed by atoms with E-state index in [9.17, 15) is 9.59 Å². The van der Waals surface area contributed by atoms with Crippen molar-refractivity contribution < 1.29 is 9.59 Å². The van der Waals surface area contributed by atoms with Crippen molar-refractivity contribution in [3.8, 4) is 6.07 Å². The van der Waals surface area contributed by atoms with Crippen molar-refractivity contribution >= 4 is 34.1 Å². The van der Waals surface area contributed by atoms with Crippen molar-refractivity contribution in [3.63, 3.8) is 0 Å². The number of nitrogens with zero attached hydrogens (tertiary/aromatic N) is 5. The summed E-state index contributed by atoms with van der Waals surface area (Å²) in [6.07, 6.45) is 8.10. The summed E-state index contributed by atoms with van der Waals surface area (Å²) < 4.78 is 2.08. The molecule has 3 aromatic rings.